The number of likely N-dealkylation sites (tertiary alicyclic amines) is 1. The molecule has 0 unspecified atom stereocenters. The van der Waals surface area contributed by atoms with Gasteiger partial charge in [-0.1, -0.05) is 25.1 Å². The fourth-order valence-corrected chi connectivity index (χ4v) is 5.38. The fraction of sp³-hybridized carbons (Fsp3) is 0.667. The molecule has 5 heteroatoms. The molecule has 23 heavy (non-hydrogen) atoms. The highest BCUT2D eigenvalue weighted by Gasteiger charge is 2.30. The number of hydrogen-bond donors (Lipinski definition) is 0. The molecule has 0 saturated carbocycles. The maximum absolute atomic E-state index is 12.6. The zero-order valence-electron chi connectivity index (χ0n) is 14.0. The van der Waals surface area contributed by atoms with Crippen LogP contribution < -0.4 is 0 Å². The van der Waals surface area contributed by atoms with Gasteiger partial charge in [0.15, 0.2) is 0 Å². The quantitative estimate of drug-likeness (QED) is 0.849. The van der Waals surface area contributed by atoms with Gasteiger partial charge in [0.25, 0.3) is 0 Å². The van der Waals surface area contributed by atoms with Crippen LogP contribution >= 0.6 is 0 Å². The molecule has 2 heterocycles. The highest BCUT2D eigenvalue weighted by atomic mass is 32.2. The van der Waals surface area contributed by atoms with E-state index in [0.29, 0.717) is 23.9 Å². The third-order valence-corrected chi connectivity index (χ3v) is 7.12. The zero-order chi connectivity index (χ0) is 16.3. The first-order chi connectivity index (χ1) is 11.1. The average molecular weight is 337 g/mol. The predicted molar refractivity (Wildman–Crippen MR) is 92.8 cm³/mol. The molecule has 4 nitrogen and oxygen atoms in total. The molecule has 0 spiro atoms. The third kappa shape index (κ3) is 4.14. The van der Waals surface area contributed by atoms with Gasteiger partial charge in [0.2, 0.25) is 10.0 Å². The molecule has 1 atom stereocenters. The Balaban J connectivity index is 1.54. The van der Waals surface area contributed by atoms with E-state index >= 15 is 0 Å². The Morgan fingerprint density at radius 2 is 1.74 bits per heavy atom. The summed E-state index contributed by atoms with van der Waals surface area (Å²) in [4.78, 5) is 3.00. The molecule has 0 N–H and O–H groups in total. The SMILES string of the molecule is C[C@H]1CCCN(CC2CCN(S(=O)(=O)c3ccccc3)CC2)C1. The van der Waals surface area contributed by atoms with E-state index in [9.17, 15) is 8.42 Å². The van der Waals surface area contributed by atoms with Crippen LogP contribution in [0, 0.1) is 11.8 Å². The minimum atomic E-state index is -3.31. The van der Waals surface area contributed by atoms with Crippen LogP contribution in [0.5, 0.6) is 0 Å². The smallest absolute Gasteiger partial charge is 0.243 e. The summed E-state index contributed by atoms with van der Waals surface area (Å²) in [6.45, 7) is 7.22. The van der Waals surface area contributed by atoms with Crippen LogP contribution in [-0.4, -0.2) is 50.3 Å². The Bertz CT molecular complexity index is 595. The standard InChI is InChI=1S/C18H28N2O2S/c1-16-6-5-11-19(14-16)15-17-9-12-20(13-10-17)23(21,22)18-7-3-2-4-8-18/h2-4,7-8,16-17H,5-6,9-15H2,1H3/t16-/m0/s1. The van der Waals surface area contributed by atoms with Crippen LogP contribution in [-0.2, 0) is 10.0 Å². The van der Waals surface area contributed by atoms with Gasteiger partial charge in [0.05, 0.1) is 4.90 Å². The average Bonchev–Trinajstić information content (AvgIpc) is 2.56. The number of hydrogen-bond acceptors (Lipinski definition) is 3. The van der Waals surface area contributed by atoms with Crippen molar-refractivity contribution >= 4 is 10.0 Å². The van der Waals surface area contributed by atoms with Crippen molar-refractivity contribution in [1.82, 2.24) is 9.21 Å². The van der Waals surface area contributed by atoms with Gasteiger partial charge in [-0.25, -0.2) is 8.42 Å². The molecule has 0 radical (unpaired) electrons. The molecule has 0 aromatic heterocycles. The topological polar surface area (TPSA) is 40.6 Å². The van der Waals surface area contributed by atoms with Crippen LogP contribution in [0.25, 0.3) is 0 Å². The van der Waals surface area contributed by atoms with Crippen molar-refractivity contribution in [2.45, 2.75) is 37.5 Å². The van der Waals surface area contributed by atoms with E-state index in [1.165, 1.54) is 25.9 Å². The van der Waals surface area contributed by atoms with Gasteiger partial charge in [-0.15, -0.1) is 0 Å². The number of piperidine rings is 2. The number of benzene rings is 1. The molecule has 0 bridgehead atoms. The van der Waals surface area contributed by atoms with Gasteiger partial charge in [0.1, 0.15) is 0 Å². The van der Waals surface area contributed by atoms with Gasteiger partial charge >= 0.3 is 0 Å². The molecule has 2 fully saturated rings. The lowest BCUT2D eigenvalue weighted by molar-refractivity contribution is 0.136. The van der Waals surface area contributed by atoms with E-state index in [2.05, 4.69) is 11.8 Å². The fourth-order valence-electron chi connectivity index (χ4n) is 3.89. The summed E-state index contributed by atoms with van der Waals surface area (Å²) in [7, 11) is -3.31. The molecule has 2 aliphatic heterocycles. The number of sulfonamides is 1. The van der Waals surface area contributed by atoms with Crippen molar-refractivity contribution in [3.63, 3.8) is 0 Å². The second-order valence-electron chi connectivity index (χ2n) is 7.17. The van der Waals surface area contributed by atoms with Gasteiger partial charge in [-0.05, 0) is 56.2 Å². The Hall–Kier alpha value is -0.910. The first-order valence-electron chi connectivity index (χ1n) is 8.83. The summed E-state index contributed by atoms with van der Waals surface area (Å²) in [5, 5.41) is 0. The molecule has 2 saturated heterocycles. The largest absolute Gasteiger partial charge is 0.303 e. The second kappa shape index (κ2) is 7.32. The summed E-state index contributed by atoms with van der Waals surface area (Å²) in [6.07, 6.45) is 4.63. The highest BCUT2D eigenvalue weighted by Crippen LogP contribution is 2.25. The van der Waals surface area contributed by atoms with Crippen LogP contribution in [0.3, 0.4) is 0 Å². The van der Waals surface area contributed by atoms with Crippen LogP contribution in [0.4, 0.5) is 0 Å². The number of nitrogens with zero attached hydrogens (tertiary/aromatic N) is 2. The number of rotatable bonds is 4. The van der Waals surface area contributed by atoms with E-state index in [4.69, 9.17) is 0 Å². The summed E-state index contributed by atoms with van der Waals surface area (Å²) in [5.41, 5.74) is 0. The van der Waals surface area contributed by atoms with Crippen molar-refractivity contribution in [2.75, 3.05) is 32.7 Å². The molecule has 3 rings (SSSR count). The minimum absolute atomic E-state index is 0.420. The van der Waals surface area contributed by atoms with Crippen molar-refractivity contribution < 1.29 is 8.42 Å². The van der Waals surface area contributed by atoms with Crippen LogP contribution in [0.1, 0.15) is 32.6 Å². The maximum Gasteiger partial charge on any atom is 0.243 e. The van der Waals surface area contributed by atoms with Crippen molar-refractivity contribution in [1.29, 1.82) is 0 Å². The van der Waals surface area contributed by atoms with Crippen molar-refractivity contribution in [3.8, 4) is 0 Å². The van der Waals surface area contributed by atoms with Crippen molar-refractivity contribution in [2.24, 2.45) is 11.8 Å². The predicted octanol–water partition coefficient (Wildman–Crippen LogP) is 2.82. The normalized spacial score (nSPS) is 25.5. The molecule has 0 amide bonds. The zero-order valence-corrected chi connectivity index (χ0v) is 14.8. The van der Waals surface area contributed by atoms with Crippen LogP contribution in [0.15, 0.2) is 35.2 Å². The Morgan fingerprint density at radius 3 is 2.39 bits per heavy atom. The van der Waals surface area contributed by atoms with E-state index < -0.39 is 10.0 Å². The van der Waals surface area contributed by atoms with Gasteiger partial charge in [-0.2, -0.15) is 4.31 Å². The van der Waals surface area contributed by atoms with E-state index in [0.717, 1.165) is 25.3 Å². The second-order valence-corrected chi connectivity index (χ2v) is 9.11. The maximum atomic E-state index is 12.6. The Labute approximate surface area is 140 Å². The van der Waals surface area contributed by atoms with Gasteiger partial charge < -0.3 is 4.90 Å². The van der Waals surface area contributed by atoms with E-state index in [1.807, 2.05) is 6.07 Å². The lowest BCUT2D eigenvalue weighted by Crippen LogP contribution is -2.43. The third-order valence-electron chi connectivity index (χ3n) is 5.21. The lowest BCUT2D eigenvalue weighted by atomic mass is 9.94. The van der Waals surface area contributed by atoms with Crippen molar-refractivity contribution in [3.05, 3.63) is 30.3 Å². The summed E-state index contributed by atoms with van der Waals surface area (Å²) in [5.74, 6) is 1.45. The Morgan fingerprint density at radius 1 is 1.04 bits per heavy atom. The summed E-state index contributed by atoms with van der Waals surface area (Å²) in [6, 6.07) is 8.81. The molecule has 1 aromatic rings. The molecule has 128 valence electrons. The Kier molecular flexibility index (Phi) is 5.39. The molecule has 2 aliphatic rings. The summed E-state index contributed by atoms with van der Waals surface area (Å²) >= 11 is 0. The monoisotopic (exact) mass is 336 g/mol. The molecule has 0 aliphatic carbocycles. The summed E-state index contributed by atoms with van der Waals surface area (Å²) < 4.78 is 26.9. The molecular weight excluding hydrogens is 308 g/mol. The minimum Gasteiger partial charge on any atom is -0.303 e. The van der Waals surface area contributed by atoms with Gasteiger partial charge in [0, 0.05) is 26.2 Å². The first-order valence-corrected chi connectivity index (χ1v) is 10.3. The van der Waals surface area contributed by atoms with Gasteiger partial charge in [-0.3, -0.25) is 0 Å². The van der Waals surface area contributed by atoms with Crippen LogP contribution in [0.2, 0.25) is 0 Å². The highest BCUT2D eigenvalue weighted by molar-refractivity contribution is 7.89. The van der Waals surface area contributed by atoms with E-state index in [-0.39, 0.29) is 0 Å². The first kappa shape index (κ1) is 16.9. The molecular formula is C18H28N2O2S. The molecule has 1 aromatic carbocycles. The van der Waals surface area contributed by atoms with E-state index in [1.54, 1.807) is 28.6 Å². The lowest BCUT2D eigenvalue weighted by Gasteiger charge is -2.37.